The fraction of sp³-hybridized carbons (Fsp3) is 0.692. The van der Waals surface area contributed by atoms with Crippen LogP contribution >= 0.6 is 0 Å². The Bertz CT molecular complexity index is 578. The number of aromatic amines is 1. The van der Waals surface area contributed by atoms with Gasteiger partial charge < -0.3 is 16.2 Å². The molecule has 1 fully saturated rings. The number of nitrogens with two attached hydrogens (primary N) is 1. The van der Waals surface area contributed by atoms with Gasteiger partial charge in [-0.15, -0.1) is 0 Å². The Hall–Kier alpha value is -1.76. The molecular formula is C13H22N4O3. The van der Waals surface area contributed by atoms with Gasteiger partial charge in [0.25, 0.3) is 5.56 Å². The second-order valence-electron chi connectivity index (χ2n) is 5.22. The summed E-state index contributed by atoms with van der Waals surface area (Å²) < 4.78 is 1.30. The maximum absolute atomic E-state index is 11.9. The number of nitrogens with zero attached hydrogens (tertiary/aromatic N) is 1. The summed E-state index contributed by atoms with van der Waals surface area (Å²) in [6, 6.07) is -0.205. The molecule has 1 aromatic heterocycles. The molecular weight excluding hydrogens is 260 g/mol. The second-order valence-corrected chi connectivity index (χ2v) is 5.22. The van der Waals surface area contributed by atoms with E-state index in [1.54, 1.807) is 6.92 Å². The van der Waals surface area contributed by atoms with Gasteiger partial charge in [-0.1, -0.05) is 19.3 Å². The summed E-state index contributed by atoms with van der Waals surface area (Å²) in [5.74, 6) is 0.123. The standard InChI is InChI=1S/C13H22N4O3/c1-2-17-11(14)10(12(19)16-13(17)20)15-8-6-4-3-5-7-9(8)18/h8-9,15,18H,2-7,14H2,1H3,(H,16,19,20). The first-order valence-electron chi connectivity index (χ1n) is 7.11. The lowest BCUT2D eigenvalue weighted by Crippen LogP contribution is -2.39. The van der Waals surface area contributed by atoms with E-state index in [1.165, 1.54) is 4.57 Å². The normalized spacial score (nSPS) is 23.3. The predicted octanol–water partition coefficient (Wildman–Crippen LogP) is 0.244. The molecule has 0 radical (unpaired) electrons. The van der Waals surface area contributed by atoms with Crippen molar-refractivity contribution in [1.82, 2.24) is 9.55 Å². The maximum Gasteiger partial charge on any atom is 0.330 e. The summed E-state index contributed by atoms with van der Waals surface area (Å²) in [5, 5.41) is 13.1. The zero-order valence-corrected chi connectivity index (χ0v) is 11.7. The molecule has 0 saturated heterocycles. The number of anilines is 2. The van der Waals surface area contributed by atoms with Crippen molar-refractivity contribution in [3.8, 4) is 0 Å². The summed E-state index contributed by atoms with van der Waals surface area (Å²) >= 11 is 0. The topological polar surface area (TPSA) is 113 Å². The summed E-state index contributed by atoms with van der Waals surface area (Å²) in [5.41, 5.74) is 5.03. The Balaban J connectivity index is 2.33. The first-order valence-corrected chi connectivity index (χ1v) is 7.11. The Kier molecular flexibility index (Phi) is 4.49. The van der Waals surface area contributed by atoms with Gasteiger partial charge in [0, 0.05) is 6.54 Å². The molecule has 1 aliphatic rings. The van der Waals surface area contributed by atoms with E-state index < -0.39 is 17.4 Å². The van der Waals surface area contributed by atoms with E-state index in [9.17, 15) is 14.7 Å². The van der Waals surface area contributed by atoms with Crippen LogP contribution in [0, 0.1) is 0 Å². The number of aromatic nitrogens is 2. The van der Waals surface area contributed by atoms with E-state index in [2.05, 4.69) is 10.3 Å². The zero-order valence-electron chi connectivity index (χ0n) is 11.7. The number of aliphatic hydroxyl groups excluding tert-OH is 1. The van der Waals surface area contributed by atoms with Crippen molar-refractivity contribution < 1.29 is 5.11 Å². The molecule has 1 saturated carbocycles. The molecule has 2 unspecified atom stereocenters. The van der Waals surface area contributed by atoms with Crippen molar-refractivity contribution in [3.05, 3.63) is 20.8 Å². The van der Waals surface area contributed by atoms with Gasteiger partial charge in [-0.25, -0.2) is 4.79 Å². The molecule has 2 rings (SSSR count). The van der Waals surface area contributed by atoms with E-state index in [-0.39, 0.29) is 17.5 Å². The van der Waals surface area contributed by atoms with Crippen LogP contribution in [0.25, 0.3) is 0 Å². The van der Waals surface area contributed by atoms with Crippen LogP contribution in [0.1, 0.15) is 39.0 Å². The molecule has 0 aromatic carbocycles. The molecule has 1 aromatic rings. The van der Waals surface area contributed by atoms with Crippen LogP contribution in [0.15, 0.2) is 9.59 Å². The first-order chi connectivity index (χ1) is 9.54. The molecule has 0 spiro atoms. The Labute approximate surface area is 116 Å². The van der Waals surface area contributed by atoms with Crippen LogP contribution in [0.5, 0.6) is 0 Å². The maximum atomic E-state index is 11.9. The number of H-pyrrole nitrogens is 1. The van der Waals surface area contributed by atoms with E-state index in [0.717, 1.165) is 25.7 Å². The van der Waals surface area contributed by atoms with Gasteiger partial charge in [-0.3, -0.25) is 14.3 Å². The van der Waals surface area contributed by atoms with Gasteiger partial charge in [-0.2, -0.15) is 0 Å². The summed E-state index contributed by atoms with van der Waals surface area (Å²) in [7, 11) is 0. The van der Waals surface area contributed by atoms with Gasteiger partial charge in [0.05, 0.1) is 12.1 Å². The van der Waals surface area contributed by atoms with Crippen LogP contribution in [-0.2, 0) is 6.54 Å². The van der Waals surface area contributed by atoms with Gasteiger partial charge in [0.15, 0.2) is 0 Å². The summed E-state index contributed by atoms with van der Waals surface area (Å²) in [4.78, 5) is 25.8. The number of aliphatic hydroxyl groups is 1. The fourth-order valence-corrected chi connectivity index (χ4v) is 2.68. The lowest BCUT2D eigenvalue weighted by Gasteiger charge is -2.23. The molecule has 5 N–H and O–H groups in total. The third kappa shape index (κ3) is 2.87. The molecule has 0 aliphatic heterocycles. The van der Waals surface area contributed by atoms with Crippen molar-refractivity contribution >= 4 is 11.5 Å². The Morgan fingerprint density at radius 2 is 2.05 bits per heavy atom. The lowest BCUT2D eigenvalue weighted by molar-refractivity contribution is 0.144. The van der Waals surface area contributed by atoms with Crippen molar-refractivity contribution in [1.29, 1.82) is 0 Å². The number of hydrogen-bond donors (Lipinski definition) is 4. The number of nitrogen functional groups attached to an aromatic ring is 1. The van der Waals surface area contributed by atoms with Crippen molar-refractivity contribution in [2.24, 2.45) is 0 Å². The SMILES string of the molecule is CCn1c(N)c(NC2CCCCCC2O)c(=O)[nH]c1=O. The van der Waals surface area contributed by atoms with Gasteiger partial charge >= 0.3 is 5.69 Å². The van der Waals surface area contributed by atoms with E-state index in [1.807, 2.05) is 0 Å². The molecule has 0 amide bonds. The van der Waals surface area contributed by atoms with Crippen LogP contribution in [0.2, 0.25) is 0 Å². The highest BCUT2D eigenvalue weighted by atomic mass is 16.3. The van der Waals surface area contributed by atoms with Gasteiger partial charge in [-0.05, 0) is 19.8 Å². The number of nitrogens with one attached hydrogen (secondary N) is 2. The molecule has 1 heterocycles. The second kappa shape index (κ2) is 6.13. The third-order valence-corrected chi connectivity index (χ3v) is 3.87. The fourth-order valence-electron chi connectivity index (χ4n) is 2.68. The minimum absolute atomic E-state index is 0.123. The van der Waals surface area contributed by atoms with Crippen molar-refractivity contribution in [3.63, 3.8) is 0 Å². The monoisotopic (exact) mass is 282 g/mol. The van der Waals surface area contributed by atoms with Gasteiger partial charge in [0.1, 0.15) is 11.5 Å². The highest BCUT2D eigenvalue weighted by Crippen LogP contribution is 2.22. The minimum Gasteiger partial charge on any atom is -0.391 e. The van der Waals surface area contributed by atoms with Crippen LogP contribution in [0.3, 0.4) is 0 Å². The summed E-state index contributed by atoms with van der Waals surface area (Å²) in [6.07, 6.45) is 4.06. The predicted molar refractivity (Wildman–Crippen MR) is 77.9 cm³/mol. The highest BCUT2D eigenvalue weighted by Gasteiger charge is 2.23. The third-order valence-electron chi connectivity index (χ3n) is 3.87. The molecule has 20 heavy (non-hydrogen) atoms. The van der Waals surface area contributed by atoms with E-state index in [4.69, 9.17) is 5.73 Å². The van der Waals surface area contributed by atoms with E-state index >= 15 is 0 Å². The smallest absolute Gasteiger partial charge is 0.330 e. The summed E-state index contributed by atoms with van der Waals surface area (Å²) in [6.45, 7) is 2.16. The highest BCUT2D eigenvalue weighted by molar-refractivity contribution is 5.61. The zero-order chi connectivity index (χ0) is 14.7. The molecule has 2 atom stereocenters. The molecule has 112 valence electrons. The number of hydrogen-bond acceptors (Lipinski definition) is 5. The van der Waals surface area contributed by atoms with Crippen LogP contribution in [-0.4, -0.2) is 26.8 Å². The van der Waals surface area contributed by atoms with Crippen LogP contribution < -0.4 is 22.3 Å². The van der Waals surface area contributed by atoms with Crippen molar-refractivity contribution in [2.75, 3.05) is 11.1 Å². The molecule has 0 bridgehead atoms. The van der Waals surface area contributed by atoms with E-state index in [0.29, 0.717) is 13.0 Å². The average molecular weight is 282 g/mol. The van der Waals surface area contributed by atoms with Crippen LogP contribution in [0.4, 0.5) is 11.5 Å². The Morgan fingerprint density at radius 1 is 1.35 bits per heavy atom. The Morgan fingerprint density at radius 3 is 2.75 bits per heavy atom. The molecule has 1 aliphatic carbocycles. The molecule has 7 nitrogen and oxygen atoms in total. The first kappa shape index (κ1) is 14.6. The molecule has 7 heteroatoms. The average Bonchev–Trinajstić information content (AvgIpc) is 2.60. The quantitative estimate of drug-likeness (QED) is 0.593. The number of rotatable bonds is 3. The largest absolute Gasteiger partial charge is 0.391 e. The lowest BCUT2D eigenvalue weighted by atomic mass is 10.1. The minimum atomic E-state index is -0.534. The van der Waals surface area contributed by atoms with Gasteiger partial charge in [0.2, 0.25) is 0 Å². The van der Waals surface area contributed by atoms with Crippen molar-refractivity contribution in [2.45, 2.75) is 57.7 Å².